The van der Waals surface area contributed by atoms with Gasteiger partial charge in [0, 0.05) is 32.6 Å². The third-order valence-corrected chi connectivity index (χ3v) is 6.41. The van der Waals surface area contributed by atoms with Crippen molar-refractivity contribution in [3.8, 4) is 5.88 Å². The van der Waals surface area contributed by atoms with Crippen LogP contribution in [0.2, 0.25) is 10.0 Å². The molecule has 192 valence electrons. The Bertz CT molecular complexity index is 1170. The molecule has 0 aliphatic carbocycles. The van der Waals surface area contributed by atoms with E-state index in [9.17, 15) is 4.79 Å². The predicted octanol–water partition coefficient (Wildman–Crippen LogP) is 4.34. The van der Waals surface area contributed by atoms with Crippen LogP contribution in [0.25, 0.3) is 0 Å². The van der Waals surface area contributed by atoms with E-state index >= 15 is 0 Å². The minimum Gasteiger partial charge on any atom is -0.475 e. The summed E-state index contributed by atoms with van der Waals surface area (Å²) in [6.45, 7) is 3.59. The molecule has 1 saturated heterocycles. The predicted molar refractivity (Wildman–Crippen MR) is 140 cm³/mol. The van der Waals surface area contributed by atoms with Crippen molar-refractivity contribution in [3.05, 3.63) is 52.4 Å². The van der Waals surface area contributed by atoms with Crippen molar-refractivity contribution < 1.29 is 14.3 Å². The lowest BCUT2D eigenvalue weighted by atomic mass is 9.99. The van der Waals surface area contributed by atoms with Gasteiger partial charge in [-0.2, -0.15) is 10.1 Å². The molecule has 4 rings (SSSR count). The number of aromatic nitrogens is 4. The molecule has 1 aliphatic rings. The third kappa shape index (κ3) is 6.85. The van der Waals surface area contributed by atoms with Gasteiger partial charge in [0.25, 0.3) is 5.91 Å². The molecule has 0 bridgehead atoms. The summed E-state index contributed by atoms with van der Waals surface area (Å²) in [5.74, 6) is 0.432. The van der Waals surface area contributed by atoms with E-state index in [1.165, 1.54) is 19.0 Å². The number of ether oxygens (including phenoxy) is 2. The molecule has 1 fully saturated rings. The minimum absolute atomic E-state index is 0.0999. The summed E-state index contributed by atoms with van der Waals surface area (Å²) in [5.41, 5.74) is 1.17. The number of para-hydroxylation sites is 1. The van der Waals surface area contributed by atoms with Crippen molar-refractivity contribution in [2.45, 2.75) is 19.4 Å². The molecule has 2 aromatic heterocycles. The molecule has 36 heavy (non-hydrogen) atoms. The number of hydrogen-bond donors (Lipinski definition) is 2. The van der Waals surface area contributed by atoms with Crippen LogP contribution in [0, 0.1) is 5.92 Å². The van der Waals surface area contributed by atoms with Crippen LogP contribution >= 0.6 is 23.2 Å². The van der Waals surface area contributed by atoms with E-state index < -0.39 is 5.91 Å². The maximum Gasteiger partial charge on any atom is 0.262 e. The average Bonchev–Trinajstić information content (AvgIpc) is 3.28. The van der Waals surface area contributed by atoms with Gasteiger partial charge in [-0.3, -0.25) is 9.48 Å². The highest BCUT2D eigenvalue weighted by atomic mass is 35.5. The lowest BCUT2D eigenvalue weighted by Gasteiger charge is -2.29. The highest BCUT2D eigenvalue weighted by molar-refractivity contribution is 6.40. The van der Waals surface area contributed by atoms with Crippen LogP contribution in [0.15, 0.2) is 36.8 Å². The van der Waals surface area contributed by atoms with E-state index in [1.807, 2.05) is 10.9 Å². The summed E-state index contributed by atoms with van der Waals surface area (Å²) >= 11 is 12.4. The number of anilines is 3. The van der Waals surface area contributed by atoms with Gasteiger partial charge in [-0.25, -0.2) is 4.98 Å². The molecule has 3 heterocycles. The van der Waals surface area contributed by atoms with Crippen molar-refractivity contribution in [3.63, 3.8) is 0 Å². The Hall–Kier alpha value is -2.92. The zero-order valence-electron chi connectivity index (χ0n) is 20.2. The van der Waals surface area contributed by atoms with Gasteiger partial charge in [-0.05, 0) is 44.5 Å². The Morgan fingerprint density at radius 2 is 2.03 bits per heavy atom. The van der Waals surface area contributed by atoms with Gasteiger partial charge in [-0.1, -0.05) is 29.3 Å². The number of nitrogens with one attached hydrogen (secondary N) is 2. The summed E-state index contributed by atoms with van der Waals surface area (Å²) in [4.78, 5) is 24.1. The molecular weight excluding hydrogens is 505 g/mol. The molecule has 2 N–H and O–H groups in total. The van der Waals surface area contributed by atoms with Crippen LogP contribution in [0.4, 0.5) is 17.3 Å². The molecule has 1 atom stereocenters. The number of carbonyl (C=O) groups is 1. The first kappa shape index (κ1) is 26.2. The lowest BCUT2D eigenvalue weighted by molar-refractivity contribution is 0.101. The van der Waals surface area contributed by atoms with Crippen LogP contribution in [-0.4, -0.2) is 71.0 Å². The Morgan fingerprint density at radius 3 is 2.78 bits per heavy atom. The molecule has 0 saturated carbocycles. The zero-order valence-corrected chi connectivity index (χ0v) is 21.7. The Morgan fingerprint density at radius 1 is 1.22 bits per heavy atom. The molecule has 1 aliphatic heterocycles. The molecule has 1 amide bonds. The number of piperidine rings is 1. The maximum atomic E-state index is 13.0. The fourth-order valence-corrected chi connectivity index (χ4v) is 4.55. The second-order valence-electron chi connectivity index (χ2n) is 8.65. The summed E-state index contributed by atoms with van der Waals surface area (Å²) in [7, 11) is 3.71. The SMILES string of the molecule is COCCOc1nc(Nc2cnn(C[C@H]3CCCN(C)C3)c2)ncc1C(=O)Nc1c(Cl)cccc1Cl. The van der Waals surface area contributed by atoms with Gasteiger partial charge >= 0.3 is 0 Å². The normalized spacial score (nSPS) is 16.1. The molecule has 3 aromatic rings. The smallest absolute Gasteiger partial charge is 0.262 e. The summed E-state index contributed by atoms with van der Waals surface area (Å²) in [5, 5.41) is 10.9. The van der Waals surface area contributed by atoms with E-state index in [4.69, 9.17) is 32.7 Å². The fourth-order valence-electron chi connectivity index (χ4n) is 4.06. The van der Waals surface area contributed by atoms with Crippen LogP contribution < -0.4 is 15.4 Å². The third-order valence-electron chi connectivity index (χ3n) is 5.78. The number of benzene rings is 1. The number of methoxy groups -OCH3 is 1. The van der Waals surface area contributed by atoms with Crippen molar-refractivity contribution in [1.29, 1.82) is 0 Å². The Labute approximate surface area is 219 Å². The number of likely N-dealkylation sites (tertiary alicyclic amines) is 1. The molecule has 1 aromatic carbocycles. The molecular formula is C24H29Cl2N7O3. The van der Waals surface area contributed by atoms with E-state index in [2.05, 4.69) is 37.6 Å². The number of nitrogens with zero attached hydrogens (tertiary/aromatic N) is 5. The van der Waals surface area contributed by atoms with Gasteiger partial charge in [0.2, 0.25) is 11.8 Å². The summed E-state index contributed by atoms with van der Waals surface area (Å²) in [6, 6.07) is 4.96. The van der Waals surface area contributed by atoms with E-state index in [0.717, 1.165) is 25.3 Å². The molecule has 10 nitrogen and oxygen atoms in total. The standard InChI is InChI=1S/C24H29Cl2N7O3/c1-32-8-4-5-16(13-32)14-33-15-17(11-28-33)29-24-27-12-18(23(31-24)36-10-9-35-2)22(34)30-21-19(25)6-3-7-20(21)26/h3,6-7,11-12,15-16H,4-5,8-10,13-14H2,1-2H3,(H,30,34)(H,27,29,31)/t16-/m0/s1. The van der Waals surface area contributed by atoms with Crippen molar-refractivity contribution in [2.24, 2.45) is 5.92 Å². The second kappa shape index (κ2) is 12.4. The number of amides is 1. The first-order valence-corrected chi connectivity index (χ1v) is 12.4. The first-order chi connectivity index (χ1) is 17.4. The Balaban J connectivity index is 1.48. The van der Waals surface area contributed by atoms with Crippen LogP contribution in [0.3, 0.4) is 0 Å². The maximum absolute atomic E-state index is 13.0. The molecule has 0 spiro atoms. The lowest BCUT2D eigenvalue weighted by Crippen LogP contribution is -2.34. The van der Waals surface area contributed by atoms with E-state index in [-0.39, 0.29) is 24.0 Å². The highest BCUT2D eigenvalue weighted by Gasteiger charge is 2.20. The number of hydrogen-bond acceptors (Lipinski definition) is 8. The molecule has 0 unspecified atom stereocenters. The zero-order chi connectivity index (χ0) is 25.5. The van der Waals surface area contributed by atoms with Gasteiger partial charge in [0.1, 0.15) is 12.2 Å². The Kier molecular flexibility index (Phi) is 8.98. The van der Waals surface area contributed by atoms with E-state index in [1.54, 1.807) is 31.5 Å². The number of carbonyl (C=O) groups excluding carboxylic acids is 1. The average molecular weight is 534 g/mol. The second-order valence-corrected chi connectivity index (χ2v) is 9.47. The van der Waals surface area contributed by atoms with Crippen molar-refractivity contribution in [2.75, 3.05) is 51.1 Å². The van der Waals surface area contributed by atoms with Crippen LogP contribution in [0.1, 0.15) is 23.2 Å². The van der Waals surface area contributed by atoms with Gasteiger partial charge in [0.05, 0.1) is 34.2 Å². The largest absolute Gasteiger partial charge is 0.475 e. The molecule has 0 radical (unpaired) electrons. The van der Waals surface area contributed by atoms with Crippen LogP contribution in [-0.2, 0) is 11.3 Å². The summed E-state index contributed by atoms with van der Waals surface area (Å²) in [6.07, 6.45) is 7.43. The topological polar surface area (TPSA) is 106 Å². The van der Waals surface area contributed by atoms with Gasteiger partial charge in [0.15, 0.2) is 0 Å². The van der Waals surface area contributed by atoms with Gasteiger partial charge in [-0.15, -0.1) is 0 Å². The molecule has 12 heteroatoms. The minimum atomic E-state index is -0.505. The number of halogens is 2. The first-order valence-electron chi connectivity index (χ1n) is 11.6. The highest BCUT2D eigenvalue weighted by Crippen LogP contribution is 2.31. The monoisotopic (exact) mass is 533 g/mol. The van der Waals surface area contributed by atoms with E-state index in [0.29, 0.717) is 28.3 Å². The van der Waals surface area contributed by atoms with Crippen molar-refractivity contribution >= 4 is 46.4 Å². The van der Waals surface area contributed by atoms with Crippen molar-refractivity contribution in [1.82, 2.24) is 24.6 Å². The quantitative estimate of drug-likeness (QED) is 0.370. The number of rotatable bonds is 10. The van der Waals surface area contributed by atoms with Gasteiger partial charge < -0.3 is 25.0 Å². The van der Waals surface area contributed by atoms with Crippen LogP contribution in [0.5, 0.6) is 5.88 Å². The summed E-state index contributed by atoms with van der Waals surface area (Å²) < 4.78 is 12.7. The fraction of sp³-hybridized carbons (Fsp3) is 0.417.